The summed E-state index contributed by atoms with van der Waals surface area (Å²) in [4.78, 5) is 30.0. The van der Waals surface area contributed by atoms with Gasteiger partial charge in [0.1, 0.15) is 11.0 Å². The molecule has 0 amide bonds. The molecule has 1 saturated heterocycles. The van der Waals surface area contributed by atoms with Gasteiger partial charge in [0.2, 0.25) is 5.95 Å². The van der Waals surface area contributed by atoms with Crippen LogP contribution in [0.25, 0.3) is 27.8 Å². The first-order chi connectivity index (χ1) is 20.4. The fraction of sp³-hybridized carbons (Fsp3) is 0.375. The van der Waals surface area contributed by atoms with Gasteiger partial charge in [0.15, 0.2) is 11.5 Å². The summed E-state index contributed by atoms with van der Waals surface area (Å²) in [5.41, 5.74) is 3.05. The standard InChI is InChI=1S/C32H36N8O2/c1-4-15-39-30(41)25-20-33-31(36-29(25)40(39)27-9-6-21-10-14-32(42,5-2)28(21)35-27)34-23-7-8-26-22(19-23)11-18-38(26)24-12-16-37(3)17-13-24/h4,6-9,11,18-20,24,42H,1,5,10,12-17H2,2-3H3,(H,33,34,36). The van der Waals surface area contributed by atoms with E-state index in [2.05, 4.69) is 57.8 Å². The maximum absolute atomic E-state index is 13.4. The number of piperidine rings is 1. The van der Waals surface area contributed by atoms with Crippen LogP contribution in [0.4, 0.5) is 11.6 Å². The number of anilines is 2. The molecule has 0 bridgehead atoms. The second-order valence-corrected chi connectivity index (χ2v) is 11.6. The first-order valence-corrected chi connectivity index (χ1v) is 14.8. The summed E-state index contributed by atoms with van der Waals surface area (Å²) in [6.07, 6.45) is 9.72. The van der Waals surface area contributed by atoms with Gasteiger partial charge in [-0.1, -0.05) is 19.1 Å². The van der Waals surface area contributed by atoms with Gasteiger partial charge in [0.25, 0.3) is 5.56 Å². The lowest BCUT2D eigenvalue weighted by Crippen LogP contribution is -2.31. The summed E-state index contributed by atoms with van der Waals surface area (Å²) in [5.74, 6) is 0.908. The third-order valence-electron chi connectivity index (χ3n) is 9.05. The quantitative estimate of drug-likeness (QED) is 0.277. The summed E-state index contributed by atoms with van der Waals surface area (Å²) in [6, 6.07) is 12.9. The van der Waals surface area contributed by atoms with E-state index in [1.807, 2.05) is 25.1 Å². The largest absolute Gasteiger partial charge is 0.384 e. The first-order valence-electron chi connectivity index (χ1n) is 14.8. The van der Waals surface area contributed by atoms with E-state index in [1.165, 1.54) is 5.52 Å². The van der Waals surface area contributed by atoms with Gasteiger partial charge in [-0.2, -0.15) is 4.98 Å². The van der Waals surface area contributed by atoms with Crippen LogP contribution < -0.4 is 10.9 Å². The molecular weight excluding hydrogens is 528 g/mol. The molecule has 1 aliphatic heterocycles. The van der Waals surface area contributed by atoms with Crippen molar-refractivity contribution in [2.75, 3.05) is 25.5 Å². The predicted molar refractivity (Wildman–Crippen MR) is 165 cm³/mol. The lowest BCUT2D eigenvalue weighted by atomic mass is 9.98. The topological polar surface area (TPSA) is 106 Å². The molecule has 4 aromatic heterocycles. The predicted octanol–water partition coefficient (Wildman–Crippen LogP) is 4.67. The van der Waals surface area contributed by atoms with E-state index in [1.54, 1.807) is 21.6 Å². The maximum atomic E-state index is 13.4. The van der Waals surface area contributed by atoms with Crippen LogP contribution in [0.1, 0.15) is 49.9 Å². The molecule has 1 aromatic carbocycles. The Morgan fingerprint density at radius 2 is 2.00 bits per heavy atom. The van der Waals surface area contributed by atoms with E-state index in [4.69, 9.17) is 9.97 Å². The fourth-order valence-electron chi connectivity index (χ4n) is 6.58. The van der Waals surface area contributed by atoms with E-state index >= 15 is 0 Å². The van der Waals surface area contributed by atoms with Crippen LogP contribution >= 0.6 is 0 Å². The van der Waals surface area contributed by atoms with Gasteiger partial charge >= 0.3 is 0 Å². The number of hydrogen-bond donors (Lipinski definition) is 2. The van der Waals surface area contributed by atoms with E-state index in [0.717, 1.165) is 49.0 Å². The van der Waals surface area contributed by atoms with Gasteiger partial charge in [0.05, 0.1) is 12.2 Å². The van der Waals surface area contributed by atoms with Crippen LogP contribution in [-0.2, 0) is 18.6 Å². The smallest absolute Gasteiger partial charge is 0.278 e. The molecule has 1 unspecified atom stereocenters. The number of nitrogens with one attached hydrogen (secondary N) is 1. The molecule has 0 spiro atoms. The highest BCUT2D eigenvalue weighted by atomic mass is 16.3. The Balaban J connectivity index is 1.26. The molecular formula is C32H36N8O2. The first kappa shape index (κ1) is 26.6. The number of likely N-dealkylation sites (tertiary alicyclic amines) is 1. The minimum Gasteiger partial charge on any atom is -0.384 e. The Hall–Kier alpha value is -4.28. The lowest BCUT2D eigenvalue weighted by Gasteiger charge is -2.30. The van der Waals surface area contributed by atoms with Crippen LogP contribution in [0.3, 0.4) is 0 Å². The fourth-order valence-corrected chi connectivity index (χ4v) is 6.58. The Bertz CT molecular complexity index is 1880. The van der Waals surface area contributed by atoms with E-state index < -0.39 is 5.60 Å². The van der Waals surface area contributed by atoms with Gasteiger partial charge < -0.3 is 19.9 Å². The minimum absolute atomic E-state index is 0.221. The summed E-state index contributed by atoms with van der Waals surface area (Å²) >= 11 is 0. The molecule has 10 nitrogen and oxygen atoms in total. The van der Waals surface area contributed by atoms with Gasteiger partial charge in [-0.25, -0.2) is 19.3 Å². The molecule has 2 N–H and O–H groups in total. The van der Waals surface area contributed by atoms with Gasteiger partial charge in [-0.05, 0) is 88.1 Å². The highest BCUT2D eigenvalue weighted by Crippen LogP contribution is 2.38. The van der Waals surface area contributed by atoms with Crippen LogP contribution in [0.15, 0.2) is 66.2 Å². The molecule has 5 heterocycles. The Morgan fingerprint density at radius 1 is 1.17 bits per heavy atom. The summed E-state index contributed by atoms with van der Waals surface area (Å²) in [6.45, 7) is 8.32. The van der Waals surface area contributed by atoms with Gasteiger partial charge in [0, 0.05) is 35.0 Å². The second kappa shape index (κ2) is 10.2. The normalized spacial score (nSPS) is 19.5. The molecule has 42 heavy (non-hydrogen) atoms. The number of hydrogen-bond acceptors (Lipinski definition) is 7. The average molecular weight is 565 g/mol. The number of allylic oxidation sites excluding steroid dienone is 1. The molecule has 5 aromatic rings. The number of fused-ring (bicyclic) bond motifs is 3. The van der Waals surface area contributed by atoms with Gasteiger partial charge in [-0.3, -0.25) is 4.79 Å². The number of aliphatic hydroxyl groups is 1. The zero-order valence-electron chi connectivity index (χ0n) is 24.1. The molecule has 2 aliphatic rings. The third-order valence-corrected chi connectivity index (χ3v) is 9.05. The van der Waals surface area contributed by atoms with Crippen LogP contribution in [0.5, 0.6) is 0 Å². The number of nitrogens with zero attached hydrogens (tertiary/aromatic N) is 7. The van der Waals surface area contributed by atoms with Crippen molar-refractivity contribution in [2.24, 2.45) is 0 Å². The molecule has 10 heteroatoms. The third kappa shape index (κ3) is 4.33. The zero-order valence-corrected chi connectivity index (χ0v) is 24.1. The summed E-state index contributed by atoms with van der Waals surface area (Å²) < 4.78 is 5.67. The zero-order chi connectivity index (χ0) is 29.0. The van der Waals surface area contributed by atoms with Crippen molar-refractivity contribution in [1.82, 2.24) is 33.8 Å². The summed E-state index contributed by atoms with van der Waals surface area (Å²) in [5, 5.41) is 16.1. The molecule has 1 atom stereocenters. The summed E-state index contributed by atoms with van der Waals surface area (Å²) in [7, 11) is 2.18. The number of rotatable bonds is 7. The molecule has 0 radical (unpaired) electrons. The Labute approximate surface area is 243 Å². The highest BCUT2D eigenvalue weighted by Gasteiger charge is 2.37. The maximum Gasteiger partial charge on any atom is 0.278 e. The van der Waals surface area contributed by atoms with Crippen molar-refractivity contribution in [3.63, 3.8) is 0 Å². The SMILES string of the molecule is C=CCn1c(=O)c2cnc(Nc3ccc4c(ccn4C4CCN(C)CC4)c3)nc2n1-c1ccc2c(n1)C(O)(CC)CC2. The number of benzene rings is 1. The van der Waals surface area contributed by atoms with Crippen LogP contribution in [-0.4, -0.2) is 59.0 Å². The van der Waals surface area contributed by atoms with Crippen molar-refractivity contribution >= 4 is 33.6 Å². The van der Waals surface area contributed by atoms with E-state index in [9.17, 15) is 9.90 Å². The van der Waals surface area contributed by atoms with E-state index in [-0.39, 0.29) is 12.1 Å². The second-order valence-electron chi connectivity index (χ2n) is 11.6. The van der Waals surface area contributed by atoms with Crippen molar-refractivity contribution in [3.8, 4) is 5.82 Å². The molecule has 1 aliphatic carbocycles. The number of pyridine rings is 1. The average Bonchev–Trinajstić information content (AvgIpc) is 3.66. The van der Waals surface area contributed by atoms with Crippen molar-refractivity contribution in [3.05, 3.63) is 83.1 Å². The van der Waals surface area contributed by atoms with E-state index in [0.29, 0.717) is 47.4 Å². The Kier molecular flexibility index (Phi) is 6.47. The molecule has 216 valence electrons. The monoisotopic (exact) mass is 564 g/mol. The lowest BCUT2D eigenvalue weighted by molar-refractivity contribution is 0.0306. The van der Waals surface area contributed by atoms with Crippen LogP contribution in [0, 0.1) is 0 Å². The highest BCUT2D eigenvalue weighted by molar-refractivity contribution is 5.85. The molecule has 7 rings (SSSR count). The number of aromatic nitrogens is 6. The van der Waals surface area contributed by atoms with Crippen molar-refractivity contribution in [1.29, 1.82) is 0 Å². The van der Waals surface area contributed by atoms with Crippen molar-refractivity contribution < 1.29 is 5.11 Å². The Morgan fingerprint density at radius 3 is 2.79 bits per heavy atom. The van der Waals surface area contributed by atoms with Crippen molar-refractivity contribution in [2.45, 2.75) is 57.2 Å². The minimum atomic E-state index is -0.968. The number of aryl methyl sites for hydroxylation is 1. The molecule has 1 fully saturated rings. The van der Waals surface area contributed by atoms with Crippen LogP contribution in [0.2, 0.25) is 0 Å². The molecule has 0 saturated carbocycles. The van der Waals surface area contributed by atoms with Gasteiger partial charge in [-0.15, -0.1) is 6.58 Å².